The second-order valence-electron chi connectivity index (χ2n) is 7.57. The summed E-state index contributed by atoms with van der Waals surface area (Å²) < 4.78 is 5.37. The molecule has 1 saturated heterocycles. The van der Waals surface area contributed by atoms with Gasteiger partial charge in [-0.1, -0.05) is 6.07 Å². The summed E-state index contributed by atoms with van der Waals surface area (Å²) in [5.41, 5.74) is 0.977. The van der Waals surface area contributed by atoms with E-state index >= 15 is 0 Å². The van der Waals surface area contributed by atoms with Crippen LogP contribution in [0.1, 0.15) is 31.4 Å². The van der Waals surface area contributed by atoms with E-state index in [0.29, 0.717) is 5.82 Å². The molecule has 4 rings (SSSR count). The smallest absolute Gasteiger partial charge is 0.320 e. The van der Waals surface area contributed by atoms with Crippen molar-refractivity contribution in [2.75, 3.05) is 38.2 Å². The number of aromatic nitrogens is 1. The maximum atomic E-state index is 12.1. The normalized spacial score (nSPS) is 26.2. The summed E-state index contributed by atoms with van der Waals surface area (Å²) >= 11 is 0. The molecule has 1 aromatic rings. The molecule has 136 valence electrons. The van der Waals surface area contributed by atoms with Gasteiger partial charge in [0.1, 0.15) is 5.82 Å². The number of carbonyl (C=O) groups excluding carboxylic acids is 1. The van der Waals surface area contributed by atoms with Crippen LogP contribution in [-0.4, -0.2) is 48.8 Å². The van der Waals surface area contributed by atoms with Gasteiger partial charge >= 0.3 is 6.03 Å². The highest BCUT2D eigenvalue weighted by atomic mass is 16.5. The van der Waals surface area contributed by atoms with Crippen molar-refractivity contribution in [3.05, 3.63) is 23.9 Å². The first-order valence-corrected chi connectivity index (χ1v) is 9.59. The molecule has 1 aliphatic heterocycles. The van der Waals surface area contributed by atoms with E-state index in [9.17, 15) is 4.79 Å². The van der Waals surface area contributed by atoms with E-state index in [1.165, 1.54) is 19.3 Å². The molecule has 0 bridgehead atoms. The van der Waals surface area contributed by atoms with Gasteiger partial charge in [0.05, 0.1) is 18.9 Å². The van der Waals surface area contributed by atoms with Gasteiger partial charge < -0.3 is 10.1 Å². The summed E-state index contributed by atoms with van der Waals surface area (Å²) in [6, 6.07) is 5.64. The van der Waals surface area contributed by atoms with Crippen LogP contribution in [0.4, 0.5) is 10.6 Å². The van der Waals surface area contributed by atoms with E-state index in [-0.39, 0.29) is 6.03 Å². The zero-order valence-corrected chi connectivity index (χ0v) is 14.7. The molecule has 6 nitrogen and oxygen atoms in total. The fraction of sp³-hybridized carbons (Fsp3) is 0.684. The fourth-order valence-electron chi connectivity index (χ4n) is 3.86. The molecular formula is C19H28N4O2. The number of carbonyl (C=O) groups is 1. The minimum atomic E-state index is -0.153. The number of nitrogens with one attached hydrogen (secondary N) is 2. The molecule has 25 heavy (non-hydrogen) atoms. The fourth-order valence-corrected chi connectivity index (χ4v) is 3.86. The molecule has 1 aromatic heterocycles. The Hall–Kier alpha value is -1.66. The van der Waals surface area contributed by atoms with E-state index in [0.717, 1.165) is 69.3 Å². The number of ether oxygens (including phenoxy) is 1. The molecular weight excluding hydrogens is 316 g/mol. The van der Waals surface area contributed by atoms with Crippen molar-refractivity contribution >= 4 is 11.8 Å². The van der Waals surface area contributed by atoms with Gasteiger partial charge in [-0.15, -0.1) is 0 Å². The Kier molecular flexibility index (Phi) is 5.17. The lowest BCUT2D eigenvalue weighted by molar-refractivity contribution is 0.0337. The Morgan fingerprint density at radius 3 is 2.92 bits per heavy atom. The average Bonchev–Trinajstić information content (AvgIpc) is 3.50. The van der Waals surface area contributed by atoms with Crippen LogP contribution in [0.2, 0.25) is 0 Å². The maximum Gasteiger partial charge on any atom is 0.320 e. The van der Waals surface area contributed by atoms with Gasteiger partial charge in [0.15, 0.2) is 0 Å². The van der Waals surface area contributed by atoms with E-state index in [4.69, 9.17) is 4.74 Å². The molecule has 0 aromatic carbocycles. The van der Waals surface area contributed by atoms with Crippen molar-refractivity contribution in [3.63, 3.8) is 0 Å². The van der Waals surface area contributed by atoms with Gasteiger partial charge in [0, 0.05) is 26.2 Å². The lowest BCUT2D eigenvalue weighted by Gasteiger charge is -2.26. The quantitative estimate of drug-likeness (QED) is 0.797. The Bertz CT molecular complexity index is 599. The number of anilines is 1. The number of nitrogens with zero attached hydrogens (tertiary/aromatic N) is 2. The number of hydrogen-bond acceptors (Lipinski definition) is 4. The van der Waals surface area contributed by atoms with Crippen molar-refractivity contribution in [1.29, 1.82) is 0 Å². The number of urea groups is 1. The van der Waals surface area contributed by atoms with Crippen LogP contribution in [0, 0.1) is 17.8 Å². The van der Waals surface area contributed by atoms with Crippen LogP contribution < -0.4 is 10.6 Å². The lowest BCUT2D eigenvalue weighted by atomic mass is 10.2. The lowest BCUT2D eigenvalue weighted by Crippen LogP contribution is -2.36. The van der Waals surface area contributed by atoms with Crippen LogP contribution in [0.25, 0.3) is 0 Å². The summed E-state index contributed by atoms with van der Waals surface area (Å²) in [5.74, 6) is 3.44. The van der Waals surface area contributed by atoms with Crippen LogP contribution in [0.5, 0.6) is 0 Å². The monoisotopic (exact) mass is 344 g/mol. The van der Waals surface area contributed by atoms with Gasteiger partial charge in [-0.25, -0.2) is 9.78 Å². The van der Waals surface area contributed by atoms with Crippen molar-refractivity contribution in [2.45, 2.75) is 32.2 Å². The number of pyridine rings is 1. The van der Waals surface area contributed by atoms with Crippen LogP contribution in [0.15, 0.2) is 18.2 Å². The molecule has 0 spiro atoms. The predicted molar refractivity (Wildman–Crippen MR) is 96.3 cm³/mol. The molecule has 6 heteroatoms. The predicted octanol–water partition coefficient (Wildman–Crippen LogP) is 2.47. The number of hydrogen-bond donors (Lipinski definition) is 2. The minimum absolute atomic E-state index is 0.153. The minimum Gasteiger partial charge on any atom is -0.379 e. The van der Waals surface area contributed by atoms with Crippen molar-refractivity contribution in [1.82, 2.24) is 15.2 Å². The van der Waals surface area contributed by atoms with Crippen molar-refractivity contribution < 1.29 is 9.53 Å². The highest BCUT2D eigenvalue weighted by Crippen LogP contribution is 2.55. The summed E-state index contributed by atoms with van der Waals surface area (Å²) in [6.45, 7) is 4.98. The maximum absolute atomic E-state index is 12.1. The highest BCUT2D eigenvalue weighted by molar-refractivity contribution is 5.88. The number of amides is 2. The SMILES string of the molecule is O=C(NCC[C@@H]1C[C@H]1C1CC1)Nc1cccc(CN2CCOCC2)n1. The van der Waals surface area contributed by atoms with Gasteiger partial charge in [-0.2, -0.15) is 0 Å². The molecule has 0 unspecified atom stereocenters. The van der Waals surface area contributed by atoms with Gasteiger partial charge in [-0.05, 0) is 55.6 Å². The molecule has 3 aliphatic rings. The van der Waals surface area contributed by atoms with Gasteiger partial charge in [0.25, 0.3) is 0 Å². The molecule has 2 amide bonds. The van der Waals surface area contributed by atoms with Crippen molar-refractivity contribution in [2.24, 2.45) is 17.8 Å². The molecule has 2 N–H and O–H groups in total. The Balaban J connectivity index is 1.18. The van der Waals surface area contributed by atoms with E-state index in [2.05, 4.69) is 20.5 Å². The summed E-state index contributed by atoms with van der Waals surface area (Å²) in [5, 5.41) is 5.82. The Morgan fingerprint density at radius 2 is 2.12 bits per heavy atom. The van der Waals surface area contributed by atoms with E-state index in [1.54, 1.807) is 0 Å². The molecule has 2 aliphatic carbocycles. The third kappa shape index (κ3) is 4.92. The first-order valence-electron chi connectivity index (χ1n) is 9.59. The Morgan fingerprint density at radius 1 is 1.28 bits per heavy atom. The summed E-state index contributed by atoms with van der Waals surface area (Å²) in [7, 11) is 0. The molecule has 3 fully saturated rings. The standard InChI is InChI=1S/C19H28N4O2/c24-19(20-7-6-15-12-17(15)14-4-5-14)22-18-3-1-2-16(21-18)13-23-8-10-25-11-9-23/h1-3,14-15,17H,4-13H2,(H2,20,21,22,24)/t15-,17+/m1/s1. The molecule has 2 heterocycles. The molecule has 2 atom stereocenters. The van der Waals surface area contributed by atoms with Crippen molar-refractivity contribution in [3.8, 4) is 0 Å². The van der Waals surface area contributed by atoms with E-state index < -0.39 is 0 Å². The largest absolute Gasteiger partial charge is 0.379 e. The summed E-state index contributed by atoms with van der Waals surface area (Å²) in [6.07, 6.45) is 5.35. The Labute approximate surface area is 149 Å². The second kappa shape index (κ2) is 7.70. The van der Waals surface area contributed by atoms with E-state index in [1.807, 2.05) is 18.2 Å². The average molecular weight is 344 g/mol. The first-order chi connectivity index (χ1) is 12.3. The third-order valence-electron chi connectivity index (χ3n) is 5.54. The van der Waals surface area contributed by atoms with Gasteiger partial charge in [-0.3, -0.25) is 10.2 Å². The number of rotatable bonds is 7. The summed E-state index contributed by atoms with van der Waals surface area (Å²) in [4.78, 5) is 18.9. The third-order valence-corrected chi connectivity index (χ3v) is 5.54. The first kappa shape index (κ1) is 16.8. The van der Waals surface area contributed by atoms with Gasteiger partial charge in [0.2, 0.25) is 0 Å². The van der Waals surface area contributed by atoms with Crippen LogP contribution in [0.3, 0.4) is 0 Å². The highest BCUT2D eigenvalue weighted by Gasteiger charge is 2.46. The second-order valence-corrected chi connectivity index (χ2v) is 7.57. The van der Waals surface area contributed by atoms with Crippen LogP contribution >= 0.6 is 0 Å². The van der Waals surface area contributed by atoms with Crippen LogP contribution in [-0.2, 0) is 11.3 Å². The zero-order chi connectivity index (χ0) is 17.1. The molecule has 2 saturated carbocycles. The topological polar surface area (TPSA) is 66.5 Å². The number of morpholine rings is 1. The molecule has 0 radical (unpaired) electrons. The zero-order valence-electron chi connectivity index (χ0n) is 14.7.